The molecular weight excluding hydrogens is 296 g/mol. The molecule has 1 amide bonds. The Morgan fingerprint density at radius 3 is 2.70 bits per heavy atom. The van der Waals surface area contributed by atoms with Crippen LogP contribution in [0.5, 0.6) is 0 Å². The molecule has 0 unspecified atom stereocenters. The summed E-state index contributed by atoms with van der Waals surface area (Å²) in [7, 11) is 0. The van der Waals surface area contributed by atoms with Gasteiger partial charge in [-0.25, -0.2) is 9.97 Å². The predicted molar refractivity (Wildman–Crippen MR) is 84.1 cm³/mol. The van der Waals surface area contributed by atoms with E-state index in [9.17, 15) is 9.90 Å². The molecular formula is C16H24N4O3. The van der Waals surface area contributed by atoms with Gasteiger partial charge in [0.25, 0.3) is 5.91 Å². The van der Waals surface area contributed by atoms with Crippen LogP contribution in [0.1, 0.15) is 29.5 Å². The number of carbonyl (C=O) groups is 1. The van der Waals surface area contributed by atoms with E-state index in [1.807, 2.05) is 11.8 Å². The molecule has 3 rings (SSSR count). The third-order valence-corrected chi connectivity index (χ3v) is 4.58. The van der Waals surface area contributed by atoms with E-state index in [1.54, 1.807) is 12.4 Å². The molecule has 2 aliphatic heterocycles. The molecule has 3 heterocycles. The summed E-state index contributed by atoms with van der Waals surface area (Å²) in [4.78, 5) is 25.1. The summed E-state index contributed by atoms with van der Waals surface area (Å²) in [5.41, 5.74) is 0.542. The van der Waals surface area contributed by atoms with Gasteiger partial charge in [0.15, 0.2) is 0 Å². The lowest BCUT2D eigenvalue weighted by Gasteiger charge is -2.28. The van der Waals surface area contributed by atoms with E-state index in [0.29, 0.717) is 31.9 Å². The molecule has 7 nitrogen and oxygen atoms in total. The Morgan fingerprint density at radius 1 is 1.26 bits per heavy atom. The fraction of sp³-hybridized carbons (Fsp3) is 0.688. The Balaban J connectivity index is 1.61. The van der Waals surface area contributed by atoms with Gasteiger partial charge < -0.3 is 14.7 Å². The van der Waals surface area contributed by atoms with Crippen LogP contribution in [-0.4, -0.2) is 82.3 Å². The molecule has 0 saturated carbocycles. The van der Waals surface area contributed by atoms with Gasteiger partial charge in [-0.3, -0.25) is 9.69 Å². The molecule has 2 fully saturated rings. The maximum atomic E-state index is 12.6. The third-order valence-electron chi connectivity index (χ3n) is 4.58. The Labute approximate surface area is 136 Å². The summed E-state index contributed by atoms with van der Waals surface area (Å²) in [5.74, 6) is 0.733. The number of aromatic nitrogens is 2. The Hall–Kier alpha value is -1.57. The summed E-state index contributed by atoms with van der Waals surface area (Å²) in [6.45, 7) is 5.96. The number of hydrogen-bond donors (Lipinski definition) is 1. The van der Waals surface area contributed by atoms with Crippen LogP contribution < -0.4 is 0 Å². The van der Waals surface area contributed by atoms with Gasteiger partial charge in [-0.1, -0.05) is 6.92 Å². The quantitative estimate of drug-likeness (QED) is 0.841. The zero-order valence-corrected chi connectivity index (χ0v) is 13.5. The van der Waals surface area contributed by atoms with Crippen LogP contribution in [0.25, 0.3) is 0 Å². The highest BCUT2D eigenvalue weighted by Gasteiger charge is 2.33. The van der Waals surface area contributed by atoms with E-state index in [4.69, 9.17) is 4.74 Å². The maximum absolute atomic E-state index is 12.6. The zero-order chi connectivity index (χ0) is 16.2. The first-order valence-electron chi connectivity index (χ1n) is 8.29. The van der Waals surface area contributed by atoms with Crippen LogP contribution in [0.3, 0.4) is 0 Å². The number of hydrogen-bond acceptors (Lipinski definition) is 6. The fourth-order valence-corrected chi connectivity index (χ4v) is 3.18. The van der Waals surface area contributed by atoms with Crippen LogP contribution in [-0.2, 0) is 11.2 Å². The number of carbonyl (C=O) groups excluding carboxylic acids is 1. The van der Waals surface area contributed by atoms with E-state index < -0.39 is 6.10 Å². The van der Waals surface area contributed by atoms with Gasteiger partial charge in [0.05, 0.1) is 30.9 Å². The summed E-state index contributed by atoms with van der Waals surface area (Å²) in [6, 6.07) is 0.0530. The third kappa shape index (κ3) is 3.68. The molecule has 0 bridgehead atoms. The number of aliphatic hydroxyl groups is 1. The van der Waals surface area contributed by atoms with Gasteiger partial charge >= 0.3 is 0 Å². The number of nitrogens with zero attached hydrogens (tertiary/aromatic N) is 4. The number of aryl methyl sites for hydroxylation is 1. The van der Waals surface area contributed by atoms with Gasteiger partial charge in [0.1, 0.15) is 5.82 Å². The van der Waals surface area contributed by atoms with Crippen molar-refractivity contribution in [1.29, 1.82) is 0 Å². The summed E-state index contributed by atoms with van der Waals surface area (Å²) < 4.78 is 5.34. The van der Waals surface area contributed by atoms with Crippen LogP contribution >= 0.6 is 0 Å². The second-order valence-electron chi connectivity index (χ2n) is 6.10. The van der Waals surface area contributed by atoms with Crippen molar-refractivity contribution in [3.8, 4) is 0 Å². The summed E-state index contributed by atoms with van der Waals surface area (Å²) in [6.07, 6.45) is 4.46. The average Bonchev–Trinajstić information content (AvgIpc) is 2.86. The fourth-order valence-electron chi connectivity index (χ4n) is 3.18. The highest BCUT2D eigenvalue weighted by atomic mass is 16.5. The topological polar surface area (TPSA) is 78.8 Å². The van der Waals surface area contributed by atoms with E-state index in [0.717, 1.165) is 31.8 Å². The predicted octanol–water partition coefficient (Wildman–Crippen LogP) is -0.0534. The maximum Gasteiger partial charge on any atom is 0.257 e. The summed E-state index contributed by atoms with van der Waals surface area (Å²) in [5, 5.41) is 9.97. The van der Waals surface area contributed by atoms with Gasteiger partial charge in [0, 0.05) is 45.0 Å². The van der Waals surface area contributed by atoms with Crippen molar-refractivity contribution in [3.05, 3.63) is 23.8 Å². The number of ether oxygens (including phenoxy) is 1. The lowest BCUT2D eigenvalue weighted by Crippen LogP contribution is -2.45. The first kappa shape index (κ1) is 16.3. The van der Waals surface area contributed by atoms with Crippen LogP contribution in [0.2, 0.25) is 0 Å². The monoisotopic (exact) mass is 320 g/mol. The van der Waals surface area contributed by atoms with Gasteiger partial charge in [0.2, 0.25) is 0 Å². The molecule has 0 spiro atoms. The highest BCUT2D eigenvalue weighted by Crippen LogP contribution is 2.16. The first-order valence-corrected chi connectivity index (χ1v) is 8.29. The van der Waals surface area contributed by atoms with Crippen LogP contribution in [0.4, 0.5) is 0 Å². The molecule has 1 N–H and O–H groups in total. The van der Waals surface area contributed by atoms with E-state index in [2.05, 4.69) is 14.9 Å². The second-order valence-corrected chi connectivity index (χ2v) is 6.10. The smallest absolute Gasteiger partial charge is 0.257 e. The number of amides is 1. The minimum atomic E-state index is -0.424. The molecule has 2 saturated heterocycles. The normalized spacial score (nSPS) is 26.3. The lowest BCUT2D eigenvalue weighted by molar-refractivity contribution is 0.0724. The number of aliphatic hydroxyl groups excluding tert-OH is 1. The molecule has 0 aliphatic carbocycles. The van der Waals surface area contributed by atoms with Crippen molar-refractivity contribution in [3.63, 3.8) is 0 Å². The van der Waals surface area contributed by atoms with Gasteiger partial charge in [-0.2, -0.15) is 0 Å². The van der Waals surface area contributed by atoms with Crippen molar-refractivity contribution >= 4 is 5.91 Å². The molecule has 0 aromatic carbocycles. The molecule has 23 heavy (non-hydrogen) atoms. The van der Waals surface area contributed by atoms with E-state index >= 15 is 0 Å². The van der Waals surface area contributed by atoms with Crippen molar-refractivity contribution in [2.45, 2.75) is 31.9 Å². The van der Waals surface area contributed by atoms with E-state index in [1.165, 1.54) is 0 Å². The standard InChI is InChI=1S/C16H24N4O3/c1-2-15-17-8-12(9-18-15)16(22)20-5-3-4-19(6-7-20)13-10-23-11-14(13)21/h8-9,13-14,21H,2-7,10-11H2,1H3/t13-,14-/m1/s1. The Morgan fingerprint density at radius 2 is 2.04 bits per heavy atom. The molecule has 2 aliphatic rings. The summed E-state index contributed by atoms with van der Waals surface area (Å²) >= 11 is 0. The Bertz CT molecular complexity index is 537. The minimum Gasteiger partial charge on any atom is -0.389 e. The molecule has 126 valence electrons. The Kier molecular flexibility index (Phi) is 5.20. The van der Waals surface area contributed by atoms with E-state index in [-0.39, 0.29) is 11.9 Å². The average molecular weight is 320 g/mol. The largest absolute Gasteiger partial charge is 0.389 e. The minimum absolute atomic E-state index is 0.0160. The van der Waals surface area contributed by atoms with Crippen LogP contribution in [0, 0.1) is 0 Å². The van der Waals surface area contributed by atoms with Crippen molar-refractivity contribution in [2.24, 2.45) is 0 Å². The van der Waals surface area contributed by atoms with Gasteiger partial charge in [-0.05, 0) is 6.42 Å². The highest BCUT2D eigenvalue weighted by molar-refractivity contribution is 5.93. The molecule has 0 radical (unpaired) electrons. The van der Waals surface area contributed by atoms with Crippen molar-refractivity contribution in [1.82, 2.24) is 19.8 Å². The van der Waals surface area contributed by atoms with Crippen molar-refractivity contribution < 1.29 is 14.6 Å². The first-order chi connectivity index (χ1) is 11.2. The lowest BCUT2D eigenvalue weighted by atomic mass is 10.2. The zero-order valence-electron chi connectivity index (χ0n) is 13.5. The second kappa shape index (κ2) is 7.33. The van der Waals surface area contributed by atoms with Crippen molar-refractivity contribution in [2.75, 3.05) is 39.4 Å². The molecule has 1 aromatic heterocycles. The molecule has 2 atom stereocenters. The van der Waals surface area contributed by atoms with Crippen LogP contribution in [0.15, 0.2) is 12.4 Å². The molecule has 7 heteroatoms. The number of rotatable bonds is 3. The van der Waals surface area contributed by atoms with Gasteiger partial charge in [-0.15, -0.1) is 0 Å². The molecule has 1 aromatic rings. The SMILES string of the molecule is CCc1ncc(C(=O)N2CCCN([C@@H]3COC[C@H]3O)CC2)cn1.